The number of benzene rings is 2. The molecule has 0 fully saturated rings. The Labute approximate surface area is 145 Å². The zero-order valence-corrected chi connectivity index (χ0v) is 14.7. The molecule has 24 heavy (non-hydrogen) atoms. The van der Waals surface area contributed by atoms with E-state index in [0.717, 1.165) is 22.5 Å². The summed E-state index contributed by atoms with van der Waals surface area (Å²) in [4.78, 5) is 16.6. The summed E-state index contributed by atoms with van der Waals surface area (Å²) >= 11 is 1.42. The van der Waals surface area contributed by atoms with Crippen LogP contribution in [0.2, 0.25) is 0 Å². The summed E-state index contributed by atoms with van der Waals surface area (Å²) in [5, 5.41) is 8.15. The van der Waals surface area contributed by atoms with E-state index in [9.17, 15) is 4.79 Å². The number of thiazole rings is 1. The molecule has 1 aromatic heterocycles. The number of carbonyl (C=O) groups is 1. The molecule has 1 heterocycles. The molecule has 2 amide bonds. The van der Waals surface area contributed by atoms with Crippen molar-refractivity contribution in [3.63, 3.8) is 0 Å². The molecule has 3 rings (SSSR count). The second-order valence-electron chi connectivity index (χ2n) is 5.80. The molecule has 3 aromatic rings. The molecular formula is C19H19N3OS. The van der Waals surface area contributed by atoms with Gasteiger partial charge in [-0.15, -0.1) is 11.3 Å². The standard InChI is InChI=1S/C19H19N3OS/c1-12-5-4-6-15(9-12)20-18(23)22-19-21-17(11-24-19)16-10-13(2)7-8-14(16)3/h4-11H,1-3H3,(H2,20,21,22,23). The first-order valence-corrected chi connectivity index (χ1v) is 8.57. The number of hydrogen-bond donors (Lipinski definition) is 2. The fourth-order valence-electron chi connectivity index (χ4n) is 2.45. The van der Waals surface area contributed by atoms with Gasteiger partial charge in [0.25, 0.3) is 0 Å². The summed E-state index contributed by atoms with van der Waals surface area (Å²) in [7, 11) is 0. The maximum atomic E-state index is 12.1. The van der Waals surface area contributed by atoms with Crippen molar-refractivity contribution in [2.45, 2.75) is 20.8 Å². The van der Waals surface area contributed by atoms with Crippen LogP contribution < -0.4 is 10.6 Å². The van der Waals surface area contributed by atoms with Crippen molar-refractivity contribution in [2.75, 3.05) is 10.6 Å². The molecule has 0 unspecified atom stereocenters. The summed E-state index contributed by atoms with van der Waals surface area (Å²) in [5.41, 5.74) is 6.19. The monoisotopic (exact) mass is 337 g/mol. The average Bonchev–Trinajstić information content (AvgIpc) is 2.97. The lowest BCUT2D eigenvalue weighted by molar-refractivity contribution is 0.262. The highest BCUT2D eigenvalue weighted by molar-refractivity contribution is 7.14. The maximum absolute atomic E-state index is 12.1. The smallest absolute Gasteiger partial charge is 0.308 e. The predicted octanol–water partition coefficient (Wildman–Crippen LogP) is 5.38. The van der Waals surface area contributed by atoms with Crippen LogP contribution in [-0.2, 0) is 0 Å². The third kappa shape index (κ3) is 3.81. The van der Waals surface area contributed by atoms with E-state index in [4.69, 9.17) is 0 Å². The van der Waals surface area contributed by atoms with E-state index in [2.05, 4.69) is 47.7 Å². The lowest BCUT2D eigenvalue weighted by atomic mass is 10.0. The van der Waals surface area contributed by atoms with Crippen LogP contribution in [0.5, 0.6) is 0 Å². The Kier molecular flexibility index (Phi) is 4.62. The molecule has 122 valence electrons. The molecule has 0 saturated heterocycles. The number of carbonyl (C=O) groups excluding carboxylic acids is 1. The van der Waals surface area contributed by atoms with Crippen molar-refractivity contribution < 1.29 is 4.79 Å². The van der Waals surface area contributed by atoms with Gasteiger partial charge in [-0.1, -0.05) is 29.8 Å². The highest BCUT2D eigenvalue weighted by atomic mass is 32.1. The van der Waals surface area contributed by atoms with E-state index in [1.165, 1.54) is 22.5 Å². The lowest BCUT2D eigenvalue weighted by Crippen LogP contribution is -2.19. The van der Waals surface area contributed by atoms with Crippen LogP contribution in [0.15, 0.2) is 47.8 Å². The fraction of sp³-hybridized carbons (Fsp3) is 0.158. The number of hydrogen-bond acceptors (Lipinski definition) is 3. The lowest BCUT2D eigenvalue weighted by Gasteiger charge is -2.06. The van der Waals surface area contributed by atoms with Crippen LogP contribution in [0.4, 0.5) is 15.6 Å². The Balaban J connectivity index is 1.72. The van der Waals surface area contributed by atoms with Crippen molar-refractivity contribution >= 4 is 28.2 Å². The van der Waals surface area contributed by atoms with E-state index in [-0.39, 0.29) is 6.03 Å². The number of amides is 2. The van der Waals surface area contributed by atoms with Crippen LogP contribution in [0.25, 0.3) is 11.3 Å². The number of anilines is 2. The number of nitrogens with zero attached hydrogens (tertiary/aromatic N) is 1. The van der Waals surface area contributed by atoms with Crippen molar-refractivity contribution in [3.8, 4) is 11.3 Å². The zero-order valence-electron chi connectivity index (χ0n) is 13.9. The third-order valence-electron chi connectivity index (χ3n) is 3.67. The first-order valence-electron chi connectivity index (χ1n) is 7.69. The van der Waals surface area contributed by atoms with Gasteiger partial charge in [0.15, 0.2) is 5.13 Å². The Bertz CT molecular complexity index is 886. The molecule has 2 N–H and O–H groups in total. The van der Waals surface area contributed by atoms with Gasteiger partial charge in [-0.25, -0.2) is 9.78 Å². The highest BCUT2D eigenvalue weighted by Gasteiger charge is 2.10. The van der Waals surface area contributed by atoms with Gasteiger partial charge in [-0.05, 0) is 50.1 Å². The molecule has 0 aliphatic heterocycles. The first kappa shape index (κ1) is 16.2. The van der Waals surface area contributed by atoms with Gasteiger partial charge in [0, 0.05) is 16.6 Å². The Morgan fingerprint density at radius 2 is 1.79 bits per heavy atom. The zero-order chi connectivity index (χ0) is 17.1. The van der Waals surface area contributed by atoms with Crippen LogP contribution in [-0.4, -0.2) is 11.0 Å². The largest absolute Gasteiger partial charge is 0.325 e. The highest BCUT2D eigenvalue weighted by Crippen LogP contribution is 2.28. The summed E-state index contributed by atoms with van der Waals surface area (Å²) < 4.78 is 0. The normalized spacial score (nSPS) is 10.5. The van der Waals surface area contributed by atoms with Crippen molar-refractivity contribution in [1.82, 2.24) is 4.98 Å². The minimum atomic E-state index is -0.289. The van der Waals surface area contributed by atoms with Gasteiger partial charge in [-0.2, -0.15) is 0 Å². The summed E-state index contributed by atoms with van der Waals surface area (Å²) in [6, 6.07) is 13.7. The van der Waals surface area contributed by atoms with E-state index < -0.39 is 0 Å². The van der Waals surface area contributed by atoms with Crippen LogP contribution in [0.3, 0.4) is 0 Å². The molecular weight excluding hydrogens is 318 g/mol. The third-order valence-corrected chi connectivity index (χ3v) is 4.43. The molecule has 0 saturated carbocycles. The van der Waals surface area contributed by atoms with Gasteiger partial charge in [0.1, 0.15) is 0 Å². The van der Waals surface area contributed by atoms with Gasteiger partial charge in [0.05, 0.1) is 5.69 Å². The van der Waals surface area contributed by atoms with Gasteiger partial charge in [-0.3, -0.25) is 5.32 Å². The molecule has 0 radical (unpaired) electrons. The Morgan fingerprint density at radius 1 is 1.00 bits per heavy atom. The van der Waals surface area contributed by atoms with Crippen molar-refractivity contribution in [3.05, 3.63) is 64.5 Å². The molecule has 4 nitrogen and oxygen atoms in total. The van der Waals surface area contributed by atoms with E-state index >= 15 is 0 Å². The summed E-state index contributed by atoms with van der Waals surface area (Å²) in [6.07, 6.45) is 0. The molecule has 0 aliphatic rings. The quantitative estimate of drug-likeness (QED) is 0.674. The second-order valence-corrected chi connectivity index (χ2v) is 6.66. The molecule has 5 heteroatoms. The van der Waals surface area contributed by atoms with E-state index in [1.54, 1.807) is 0 Å². The van der Waals surface area contributed by atoms with Gasteiger partial charge in [0.2, 0.25) is 0 Å². The number of nitrogens with one attached hydrogen (secondary N) is 2. The minimum Gasteiger partial charge on any atom is -0.308 e. The molecule has 2 aromatic carbocycles. The topological polar surface area (TPSA) is 54.0 Å². The number of rotatable bonds is 3. The van der Waals surface area contributed by atoms with Gasteiger partial charge < -0.3 is 5.32 Å². The Morgan fingerprint density at radius 3 is 2.58 bits per heavy atom. The minimum absolute atomic E-state index is 0.289. The Hall–Kier alpha value is -2.66. The second kappa shape index (κ2) is 6.84. The van der Waals surface area contributed by atoms with Crippen LogP contribution >= 0.6 is 11.3 Å². The summed E-state index contributed by atoms with van der Waals surface area (Å²) in [5.74, 6) is 0. The summed E-state index contributed by atoms with van der Waals surface area (Å²) in [6.45, 7) is 6.11. The fourth-order valence-corrected chi connectivity index (χ4v) is 3.15. The molecule has 0 aliphatic carbocycles. The number of aryl methyl sites for hydroxylation is 3. The molecule has 0 spiro atoms. The van der Waals surface area contributed by atoms with E-state index in [1.807, 2.05) is 36.6 Å². The average molecular weight is 337 g/mol. The number of urea groups is 1. The van der Waals surface area contributed by atoms with Crippen LogP contribution in [0, 0.1) is 20.8 Å². The van der Waals surface area contributed by atoms with Crippen molar-refractivity contribution in [2.24, 2.45) is 0 Å². The number of aromatic nitrogens is 1. The predicted molar refractivity (Wildman–Crippen MR) is 101 cm³/mol. The SMILES string of the molecule is Cc1cccc(NC(=O)Nc2nc(-c3cc(C)ccc3C)cs2)c1. The van der Waals surface area contributed by atoms with Gasteiger partial charge >= 0.3 is 6.03 Å². The molecule has 0 atom stereocenters. The maximum Gasteiger partial charge on any atom is 0.325 e. The van der Waals surface area contributed by atoms with Crippen LogP contribution in [0.1, 0.15) is 16.7 Å². The molecule has 0 bridgehead atoms. The first-order chi connectivity index (χ1) is 11.5. The van der Waals surface area contributed by atoms with E-state index in [0.29, 0.717) is 5.13 Å². The van der Waals surface area contributed by atoms with Crippen molar-refractivity contribution in [1.29, 1.82) is 0 Å².